The first-order valence-electron chi connectivity index (χ1n) is 18.6. The van der Waals surface area contributed by atoms with Crippen LogP contribution in [0.1, 0.15) is 27.8 Å². The molecule has 0 N–H and O–H groups in total. The van der Waals surface area contributed by atoms with Crippen molar-refractivity contribution in [1.29, 1.82) is 5.26 Å². The number of hydrogen-bond donors (Lipinski definition) is 0. The van der Waals surface area contributed by atoms with Crippen LogP contribution in [0.25, 0.3) is 66.9 Å². The van der Waals surface area contributed by atoms with Gasteiger partial charge >= 0.3 is 0 Å². The standard InChI is InChI=1S/C52H33N3/c53-34-39-20-14-28-45-49(39)50-44(27-15-29-46(50)52(45,40-21-6-2-7-22-40)41-23-8-3-9-24-41)42-25-12-13-26-43(42)48-33-47(36-17-4-1-5-18-36)54-51(55-48)38-31-30-35-16-10-11-19-37(35)32-38/h1-33H. The normalized spacial score (nSPS) is 12.5. The molecular formula is C52H33N3. The highest BCUT2D eigenvalue weighted by Gasteiger charge is 2.47. The molecule has 0 radical (unpaired) electrons. The van der Waals surface area contributed by atoms with Crippen molar-refractivity contribution in [3.8, 4) is 62.2 Å². The zero-order chi connectivity index (χ0) is 36.8. The molecule has 1 heterocycles. The Kier molecular flexibility index (Phi) is 7.75. The third kappa shape index (κ3) is 5.19. The highest BCUT2D eigenvalue weighted by atomic mass is 14.9. The Balaban J connectivity index is 1.25. The van der Waals surface area contributed by atoms with Crippen molar-refractivity contribution < 1.29 is 0 Å². The van der Waals surface area contributed by atoms with E-state index in [9.17, 15) is 5.26 Å². The van der Waals surface area contributed by atoms with Crippen molar-refractivity contribution in [2.75, 3.05) is 0 Å². The average molecular weight is 700 g/mol. The molecule has 3 nitrogen and oxygen atoms in total. The van der Waals surface area contributed by atoms with E-state index in [1.54, 1.807) is 0 Å². The lowest BCUT2D eigenvalue weighted by Gasteiger charge is -2.34. The number of fused-ring (bicyclic) bond motifs is 4. The SMILES string of the molecule is N#Cc1cccc2c1-c1c(-c3ccccc3-c3cc(-c4ccccc4)nc(-c4ccc5ccccc5c4)n3)cccc1C2(c1ccccc1)c1ccccc1. The van der Waals surface area contributed by atoms with Gasteiger partial charge in [0.2, 0.25) is 0 Å². The first-order chi connectivity index (χ1) is 27.2. The molecule has 3 heteroatoms. The summed E-state index contributed by atoms with van der Waals surface area (Å²) in [5.41, 5.74) is 13.4. The molecule has 256 valence electrons. The molecule has 0 saturated heterocycles. The van der Waals surface area contributed by atoms with E-state index in [4.69, 9.17) is 9.97 Å². The van der Waals surface area contributed by atoms with E-state index < -0.39 is 5.41 Å². The minimum absolute atomic E-state index is 0.635. The monoisotopic (exact) mass is 699 g/mol. The Morgan fingerprint density at radius 2 is 0.964 bits per heavy atom. The van der Waals surface area contributed by atoms with E-state index in [2.05, 4.69) is 176 Å². The van der Waals surface area contributed by atoms with E-state index in [0.717, 1.165) is 78.0 Å². The Morgan fingerprint density at radius 1 is 0.400 bits per heavy atom. The summed E-state index contributed by atoms with van der Waals surface area (Å²) in [4.78, 5) is 10.5. The number of nitrogens with zero attached hydrogens (tertiary/aromatic N) is 3. The Bertz CT molecular complexity index is 2890. The summed E-state index contributed by atoms with van der Waals surface area (Å²) in [5, 5.41) is 13.0. The fraction of sp³-hybridized carbons (Fsp3) is 0.0192. The molecule has 8 aromatic carbocycles. The summed E-state index contributed by atoms with van der Waals surface area (Å²) in [5.74, 6) is 0.666. The summed E-state index contributed by atoms with van der Waals surface area (Å²) in [7, 11) is 0. The summed E-state index contributed by atoms with van der Waals surface area (Å²) < 4.78 is 0. The number of rotatable bonds is 6. The molecule has 0 unspecified atom stereocenters. The van der Waals surface area contributed by atoms with Gasteiger partial charge in [-0.3, -0.25) is 0 Å². The summed E-state index contributed by atoms with van der Waals surface area (Å²) >= 11 is 0. The maximum atomic E-state index is 10.7. The number of aromatic nitrogens is 2. The van der Waals surface area contributed by atoms with Crippen molar-refractivity contribution in [2.24, 2.45) is 0 Å². The van der Waals surface area contributed by atoms with E-state index in [-0.39, 0.29) is 0 Å². The van der Waals surface area contributed by atoms with E-state index >= 15 is 0 Å². The molecule has 9 aromatic rings. The fourth-order valence-electron chi connectivity index (χ4n) is 8.64. The van der Waals surface area contributed by atoms with Gasteiger partial charge in [0.1, 0.15) is 0 Å². The summed E-state index contributed by atoms with van der Waals surface area (Å²) in [6.07, 6.45) is 0. The van der Waals surface area contributed by atoms with Gasteiger partial charge in [-0.05, 0) is 67.9 Å². The maximum Gasteiger partial charge on any atom is 0.160 e. The Morgan fingerprint density at radius 3 is 1.67 bits per heavy atom. The second kappa shape index (κ2) is 13.2. The van der Waals surface area contributed by atoms with Gasteiger partial charge in [0.15, 0.2) is 5.82 Å². The smallest absolute Gasteiger partial charge is 0.160 e. The van der Waals surface area contributed by atoms with E-state index in [0.29, 0.717) is 11.4 Å². The van der Waals surface area contributed by atoms with Crippen LogP contribution in [-0.2, 0) is 5.41 Å². The predicted octanol–water partition coefficient (Wildman–Crippen LogP) is 12.5. The van der Waals surface area contributed by atoms with Crippen molar-refractivity contribution in [1.82, 2.24) is 9.97 Å². The van der Waals surface area contributed by atoms with Gasteiger partial charge in [0, 0.05) is 22.3 Å². The van der Waals surface area contributed by atoms with Gasteiger partial charge in [-0.1, -0.05) is 182 Å². The lowest BCUT2D eigenvalue weighted by Crippen LogP contribution is -2.28. The van der Waals surface area contributed by atoms with Gasteiger partial charge in [0.05, 0.1) is 28.4 Å². The zero-order valence-electron chi connectivity index (χ0n) is 29.9. The molecule has 1 aliphatic carbocycles. The Hall–Kier alpha value is -7.41. The van der Waals surface area contributed by atoms with Crippen LogP contribution in [0.3, 0.4) is 0 Å². The van der Waals surface area contributed by atoms with Crippen LogP contribution in [0, 0.1) is 11.3 Å². The van der Waals surface area contributed by atoms with Gasteiger partial charge < -0.3 is 0 Å². The highest BCUT2D eigenvalue weighted by molar-refractivity contribution is 6.00. The van der Waals surface area contributed by atoms with Gasteiger partial charge in [-0.25, -0.2) is 9.97 Å². The number of benzene rings is 8. The third-order valence-corrected chi connectivity index (χ3v) is 11.0. The van der Waals surface area contributed by atoms with Crippen molar-refractivity contribution in [2.45, 2.75) is 5.41 Å². The van der Waals surface area contributed by atoms with Crippen LogP contribution < -0.4 is 0 Å². The highest BCUT2D eigenvalue weighted by Crippen LogP contribution is 2.59. The average Bonchev–Trinajstić information content (AvgIpc) is 3.58. The molecule has 10 rings (SSSR count). The lowest BCUT2D eigenvalue weighted by molar-refractivity contribution is 0.768. The van der Waals surface area contributed by atoms with Crippen LogP contribution in [0.5, 0.6) is 0 Å². The first-order valence-corrected chi connectivity index (χ1v) is 18.6. The molecule has 0 amide bonds. The second-order valence-corrected chi connectivity index (χ2v) is 14.0. The molecule has 0 fully saturated rings. The van der Waals surface area contributed by atoms with Gasteiger partial charge in [-0.2, -0.15) is 5.26 Å². The zero-order valence-corrected chi connectivity index (χ0v) is 29.9. The van der Waals surface area contributed by atoms with Gasteiger partial charge in [0.25, 0.3) is 0 Å². The molecule has 1 aromatic heterocycles. The number of hydrogen-bond acceptors (Lipinski definition) is 3. The molecule has 1 aliphatic rings. The van der Waals surface area contributed by atoms with E-state index in [1.165, 1.54) is 5.39 Å². The molecule has 0 aliphatic heterocycles. The molecule has 0 atom stereocenters. The lowest BCUT2D eigenvalue weighted by atomic mass is 9.67. The topological polar surface area (TPSA) is 49.6 Å². The molecule has 0 saturated carbocycles. The van der Waals surface area contributed by atoms with Gasteiger partial charge in [-0.15, -0.1) is 0 Å². The van der Waals surface area contributed by atoms with Crippen LogP contribution in [-0.4, -0.2) is 9.97 Å². The van der Waals surface area contributed by atoms with Crippen LogP contribution in [0.15, 0.2) is 200 Å². The van der Waals surface area contributed by atoms with Crippen LogP contribution in [0.4, 0.5) is 0 Å². The van der Waals surface area contributed by atoms with Crippen molar-refractivity contribution in [3.63, 3.8) is 0 Å². The maximum absolute atomic E-state index is 10.7. The summed E-state index contributed by atoms with van der Waals surface area (Å²) in [6, 6.07) is 72.5. The molecule has 55 heavy (non-hydrogen) atoms. The first kappa shape index (κ1) is 32.3. The Labute approximate surface area is 320 Å². The summed E-state index contributed by atoms with van der Waals surface area (Å²) in [6.45, 7) is 0. The fourth-order valence-corrected chi connectivity index (χ4v) is 8.64. The molecular weight excluding hydrogens is 667 g/mol. The minimum atomic E-state index is -0.635. The van der Waals surface area contributed by atoms with E-state index in [1.807, 2.05) is 30.3 Å². The molecule has 0 spiro atoms. The number of nitriles is 1. The second-order valence-electron chi connectivity index (χ2n) is 14.0. The largest absolute Gasteiger partial charge is 0.228 e. The van der Waals surface area contributed by atoms with Crippen LogP contribution >= 0.6 is 0 Å². The predicted molar refractivity (Wildman–Crippen MR) is 223 cm³/mol. The molecule has 0 bridgehead atoms. The minimum Gasteiger partial charge on any atom is -0.228 e. The third-order valence-electron chi connectivity index (χ3n) is 11.0. The van der Waals surface area contributed by atoms with Crippen molar-refractivity contribution >= 4 is 10.8 Å². The van der Waals surface area contributed by atoms with Crippen LogP contribution in [0.2, 0.25) is 0 Å². The van der Waals surface area contributed by atoms with Crippen molar-refractivity contribution in [3.05, 3.63) is 228 Å². The quantitative estimate of drug-likeness (QED) is 0.174.